The zero-order chi connectivity index (χ0) is 33.0. The molecule has 0 fully saturated rings. The third-order valence-electron chi connectivity index (χ3n) is 10.1. The molecule has 0 atom stereocenters. The number of hydrogen-bond donors (Lipinski definition) is 0. The first-order valence-corrected chi connectivity index (χ1v) is 17.2. The zero-order valence-electron chi connectivity index (χ0n) is 27.4. The molecular formula is C48H32N2. The number of para-hydroxylation sites is 2. The third-order valence-corrected chi connectivity index (χ3v) is 10.1. The molecule has 0 spiro atoms. The molecule has 0 bridgehead atoms. The number of aromatic nitrogens is 2. The number of rotatable bonds is 5. The van der Waals surface area contributed by atoms with Gasteiger partial charge in [-0.1, -0.05) is 146 Å². The SMILES string of the molecule is c1ccc(-c2ccc(-n3c4ccccc4c4c5c6ccccc6n(-c6cccc(-c7ccccc7-c7ccccc7)c6)c5ccc43)cc2)cc1. The molecule has 0 radical (unpaired) electrons. The Morgan fingerprint density at radius 3 is 1.34 bits per heavy atom. The first kappa shape index (κ1) is 28.4. The standard InChI is InChI=1S/C48H32N2/c1-3-14-33(15-4-1)34-26-28-37(29-27-34)49-43-24-11-9-22-41(43)47-45(49)30-31-46-48(47)42-23-10-12-25-44(42)50(46)38-19-13-18-36(32-38)40-21-8-7-20-39(40)35-16-5-2-6-17-35/h1-32H. The van der Waals surface area contributed by atoms with Crippen molar-refractivity contribution in [3.63, 3.8) is 0 Å². The molecule has 0 N–H and O–H groups in total. The van der Waals surface area contributed by atoms with Gasteiger partial charge < -0.3 is 9.13 Å². The summed E-state index contributed by atoms with van der Waals surface area (Å²) in [4.78, 5) is 0. The van der Waals surface area contributed by atoms with Gasteiger partial charge >= 0.3 is 0 Å². The van der Waals surface area contributed by atoms with Crippen LogP contribution in [0.1, 0.15) is 0 Å². The van der Waals surface area contributed by atoms with Gasteiger partial charge in [0, 0.05) is 32.9 Å². The minimum Gasteiger partial charge on any atom is -0.309 e. The molecule has 10 rings (SSSR count). The maximum absolute atomic E-state index is 2.44. The summed E-state index contributed by atoms with van der Waals surface area (Å²) in [6, 6.07) is 70.3. The van der Waals surface area contributed by atoms with Gasteiger partial charge in [0.15, 0.2) is 0 Å². The monoisotopic (exact) mass is 636 g/mol. The van der Waals surface area contributed by atoms with E-state index in [1.807, 2.05) is 0 Å². The molecule has 2 heteroatoms. The fourth-order valence-corrected chi connectivity index (χ4v) is 7.92. The molecule has 2 heterocycles. The number of fused-ring (bicyclic) bond motifs is 7. The Bertz CT molecular complexity index is 2840. The summed E-state index contributed by atoms with van der Waals surface area (Å²) >= 11 is 0. The summed E-state index contributed by atoms with van der Waals surface area (Å²) in [6.07, 6.45) is 0. The van der Waals surface area contributed by atoms with Crippen LogP contribution in [0.25, 0.3) is 88.4 Å². The van der Waals surface area contributed by atoms with E-state index in [1.165, 1.54) is 77.0 Å². The van der Waals surface area contributed by atoms with Gasteiger partial charge in [-0.05, 0) is 81.9 Å². The van der Waals surface area contributed by atoms with E-state index in [0.29, 0.717) is 0 Å². The second-order valence-corrected chi connectivity index (χ2v) is 12.9. The molecule has 0 aliphatic rings. The van der Waals surface area contributed by atoms with E-state index in [-0.39, 0.29) is 0 Å². The largest absolute Gasteiger partial charge is 0.309 e. The van der Waals surface area contributed by atoms with Crippen LogP contribution in [0.3, 0.4) is 0 Å². The highest BCUT2D eigenvalue weighted by molar-refractivity contribution is 6.28. The molecule has 2 aromatic heterocycles. The van der Waals surface area contributed by atoms with Crippen molar-refractivity contribution in [1.29, 1.82) is 0 Å². The fraction of sp³-hybridized carbons (Fsp3) is 0. The number of nitrogens with zero attached hydrogens (tertiary/aromatic N) is 2. The Hall–Kier alpha value is -6.64. The normalized spacial score (nSPS) is 11.6. The average Bonchev–Trinajstić information content (AvgIpc) is 3.72. The van der Waals surface area contributed by atoms with Gasteiger partial charge in [0.25, 0.3) is 0 Å². The summed E-state index contributed by atoms with van der Waals surface area (Å²) < 4.78 is 4.87. The maximum atomic E-state index is 2.44. The van der Waals surface area contributed by atoms with Crippen LogP contribution in [-0.4, -0.2) is 9.13 Å². The van der Waals surface area contributed by atoms with Crippen molar-refractivity contribution in [3.8, 4) is 44.8 Å². The van der Waals surface area contributed by atoms with Gasteiger partial charge in [0.2, 0.25) is 0 Å². The first-order chi connectivity index (χ1) is 24.8. The quantitative estimate of drug-likeness (QED) is 0.178. The second-order valence-electron chi connectivity index (χ2n) is 12.9. The van der Waals surface area contributed by atoms with Crippen LogP contribution < -0.4 is 0 Å². The highest BCUT2D eigenvalue weighted by Gasteiger charge is 2.20. The van der Waals surface area contributed by atoms with E-state index >= 15 is 0 Å². The zero-order valence-corrected chi connectivity index (χ0v) is 27.4. The van der Waals surface area contributed by atoms with Gasteiger partial charge in [-0.25, -0.2) is 0 Å². The lowest BCUT2D eigenvalue weighted by molar-refractivity contribution is 1.17. The molecule has 2 nitrogen and oxygen atoms in total. The summed E-state index contributed by atoms with van der Waals surface area (Å²) in [5.41, 5.74) is 14.4. The van der Waals surface area contributed by atoms with E-state index in [1.54, 1.807) is 0 Å². The minimum atomic E-state index is 1.15. The van der Waals surface area contributed by atoms with E-state index in [0.717, 1.165) is 11.4 Å². The van der Waals surface area contributed by atoms with Crippen molar-refractivity contribution in [2.75, 3.05) is 0 Å². The maximum Gasteiger partial charge on any atom is 0.0548 e. The molecule has 0 saturated carbocycles. The number of hydrogen-bond acceptors (Lipinski definition) is 0. The van der Waals surface area contributed by atoms with Crippen molar-refractivity contribution >= 4 is 43.6 Å². The van der Waals surface area contributed by atoms with Gasteiger partial charge in [0.05, 0.1) is 22.1 Å². The molecule has 8 aromatic carbocycles. The van der Waals surface area contributed by atoms with E-state index in [4.69, 9.17) is 0 Å². The van der Waals surface area contributed by atoms with Crippen LogP contribution in [0.2, 0.25) is 0 Å². The molecule has 50 heavy (non-hydrogen) atoms. The Morgan fingerprint density at radius 1 is 0.260 bits per heavy atom. The Kier molecular flexibility index (Phi) is 6.53. The van der Waals surface area contributed by atoms with Crippen molar-refractivity contribution in [3.05, 3.63) is 194 Å². The van der Waals surface area contributed by atoms with Crippen molar-refractivity contribution in [2.24, 2.45) is 0 Å². The van der Waals surface area contributed by atoms with Crippen molar-refractivity contribution in [2.45, 2.75) is 0 Å². The molecule has 0 unspecified atom stereocenters. The van der Waals surface area contributed by atoms with Crippen LogP contribution >= 0.6 is 0 Å². The Balaban J connectivity index is 1.20. The van der Waals surface area contributed by atoms with Crippen LogP contribution in [0, 0.1) is 0 Å². The predicted molar refractivity (Wildman–Crippen MR) is 211 cm³/mol. The smallest absolute Gasteiger partial charge is 0.0548 e. The summed E-state index contributed by atoms with van der Waals surface area (Å²) in [5, 5.41) is 5.08. The minimum absolute atomic E-state index is 1.15. The average molecular weight is 637 g/mol. The second kappa shape index (κ2) is 11.5. The highest BCUT2D eigenvalue weighted by atomic mass is 15.0. The van der Waals surface area contributed by atoms with Gasteiger partial charge in [-0.2, -0.15) is 0 Å². The van der Waals surface area contributed by atoms with Crippen LogP contribution in [0.15, 0.2) is 194 Å². The lowest BCUT2D eigenvalue weighted by Crippen LogP contribution is -1.95. The molecule has 0 saturated heterocycles. The van der Waals surface area contributed by atoms with Crippen LogP contribution in [-0.2, 0) is 0 Å². The Labute approximate surface area is 290 Å². The van der Waals surface area contributed by atoms with E-state index in [2.05, 4.69) is 203 Å². The van der Waals surface area contributed by atoms with Crippen LogP contribution in [0.4, 0.5) is 0 Å². The lowest BCUT2D eigenvalue weighted by atomic mass is 9.94. The molecule has 0 aliphatic carbocycles. The molecule has 10 aromatic rings. The topological polar surface area (TPSA) is 9.86 Å². The lowest BCUT2D eigenvalue weighted by Gasteiger charge is -2.13. The molecular weight excluding hydrogens is 605 g/mol. The molecule has 234 valence electrons. The molecule has 0 amide bonds. The van der Waals surface area contributed by atoms with Gasteiger partial charge in [0.1, 0.15) is 0 Å². The van der Waals surface area contributed by atoms with E-state index in [9.17, 15) is 0 Å². The van der Waals surface area contributed by atoms with Gasteiger partial charge in [-0.15, -0.1) is 0 Å². The predicted octanol–water partition coefficient (Wildman–Crippen LogP) is 12.9. The Morgan fingerprint density at radius 2 is 0.720 bits per heavy atom. The fourth-order valence-electron chi connectivity index (χ4n) is 7.92. The third kappa shape index (κ3) is 4.43. The first-order valence-electron chi connectivity index (χ1n) is 17.2. The van der Waals surface area contributed by atoms with Crippen molar-refractivity contribution in [1.82, 2.24) is 9.13 Å². The van der Waals surface area contributed by atoms with Gasteiger partial charge in [-0.3, -0.25) is 0 Å². The van der Waals surface area contributed by atoms with Crippen molar-refractivity contribution < 1.29 is 0 Å². The summed E-state index contributed by atoms with van der Waals surface area (Å²) in [6.45, 7) is 0. The molecule has 0 aliphatic heterocycles. The summed E-state index contributed by atoms with van der Waals surface area (Å²) in [7, 11) is 0. The summed E-state index contributed by atoms with van der Waals surface area (Å²) in [5.74, 6) is 0. The van der Waals surface area contributed by atoms with Crippen LogP contribution in [0.5, 0.6) is 0 Å². The van der Waals surface area contributed by atoms with E-state index < -0.39 is 0 Å². The number of benzene rings is 8. The highest BCUT2D eigenvalue weighted by Crippen LogP contribution is 2.43.